The van der Waals surface area contributed by atoms with Crippen LogP contribution in [0.25, 0.3) is 0 Å². The van der Waals surface area contributed by atoms with Gasteiger partial charge in [0.15, 0.2) is 0 Å². The van der Waals surface area contributed by atoms with E-state index in [1.54, 1.807) is 0 Å². The molecule has 0 aromatic carbocycles. The number of aliphatic hydroxyl groups is 1. The van der Waals surface area contributed by atoms with Gasteiger partial charge in [-0.1, -0.05) is 19.3 Å². The second-order valence-electron chi connectivity index (χ2n) is 5.72. The quantitative estimate of drug-likeness (QED) is 0.803. The van der Waals surface area contributed by atoms with Gasteiger partial charge < -0.3 is 10.4 Å². The minimum atomic E-state index is -0.571. The first-order valence-electron chi connectivity index (χ1n) is 6.93. The minimum Gasteiger partial charge on any atom is -0.396 e. The van der Waals surface area contributed by atoms with E-state index in [2.05, 4.69) is 5.32 Å². The van der Waals surface area contributed by atoms with Crippen molar-refractivity contribution in [2.45, 2.75) is 51.0 Å². The number of hydrogen-bond donors (Lipinski definition) is 2. The molecule has 4 heteroatoms. The fourth-order valence-corrected chi connectivity index (χ4v) is 4.35. The molecular formula is C13H25NO2S. The van der Waals surface area contributed by atoms with Crippen LogP contribution in [0.2, 0.25) is 0 Å². The van der Waals surface area contributed by atoms with Crippen molar-refractivity contribution in [3.8, 4) is 0 Å². The molecule has 0 bridgehead atoms. The maximum Gasteiger partial charge on any atom is 0.0499 e. The zero-order valence-electron chi connectivity index (χ0n) is 10.6. The monoisotopic (exact) mass is 259 g/mol. The lowest BCUT2D eigenvalue weighted by molar-refractivity contribution is 0.0779. The molecule has 0 spiro atoms. The zero-order valence-corrected chi connectivity index (χ0v) is 11.4. The summed E-state index contributed by atoms with van der Waals surface area (Å²) < 4.78 is 11.3. The van der Waals surface area contributed by atoms with Crippen molar-refractivity contribution in [1.29, 1.82) is 0 Å². The van der Waals surface area contributed by atoms with Gasteiger partial charge in [0, 0.05) is 46.9 Å². The smallest absolute Gasteiger partial charge is 0.0499 e. The zero-order chi connectivity index (χ0) is 12.1. The van der Waals surface area contributed by atoms with Crippen LogP contribution < -0.4 is 5.32 Å². The summed E-state index contributed by atoms with van der Waals surface area (Å²) in [6, 6.07) is 0.526. The van der Waals surface area contributed by atoms with Crippen molar-refractivity contribution in [3.63, 3.8) is 0 Å². The second kappa shape index (κ2) is 6.30. The number of nitrogens with one attached hydrogen (secondary N) is 1. The summed E-state index contributed by atoms with van der Waals surface area (Å²) in [6.07, 6.45) is 8.24. The Balaban J connectivity index is 1.77. The summed E-state index contributed by atoms with van der Waals surface area (Å²) in [4.78, 5) is 0. The normalized spacial score (nSPS) is 33.5. The maximum absolute atomic E-state index is 11.3. The van der Waals surface area contributed by atoms with Gasteiger partial charge in [0.2, 0.25) is 0 Å². The number of hydrogen-bond acceptors (Lipinski definition) is 3. The minimum absolute atomic E-state index is 0.134. The molecule has 0 amide bonds. The average Bonchev–Trinajstić information content (AvgIpc) is 2.39. The Kier molecular flexibility index (Phi) is 5.00. The molecule has 1 aliphatic heterocycles. The van der Waals surface area contributed by atoms with E-state index in [0.29, 0.717) is 12.6 Å². The Hall–Kier alpha value is 0.0700. The molecule has 1 saturated carbocycles. The highest BCUT2D eigenvalue weighted by Gasteiger charge is 2.32. The lowest BCUT2D eigenvalue weighted by atomic mass is 9.74. The van der Waals surface area contributed by atoms with Crippen molar-refractivity contribution in [2.24, 2.45) is 5.41 Å². The van der Waals surface area contributed by atoms with E-state index in [1.165, 1.54) is 19.3 Å². The van der Waals surface area contributed by atoms with Gasteiger partial charge in [0.05, 0.1) is 0 Å². The highest BCUT2D eigenvalue weighted by Crippen LogP contribution is 2.35. The van der Waals surface area contributed by atoms with E-state index < -0.39 is 10.8 Å². The van der Waals surface area contributed by atoms with Crippen LogP contribution in [0.4, 0.5) is 0 Å². The number of aliphatic hydroxyl groups excluding tert-OH is 1. The van der Waals surface area contributed by atoms with Gasteiger partial charge in [0.25, 0.3) is 0 Å². The largest absolute Gasteiger partial charge is 0.396 e. The predicted octanol–water partition coefficient (Wildman–Crippen LogP) is 1.43. The molecule has 2 fully saturated rings. The van der Waals surface area contributed by atoms with Crippen molar-refractivity contribution < 1.29 is 9.32 Å². The molecule has 0 unspecified atom stereocenters. The molecule has 0 aromatic heterocycles. The Morgan fingerprint density at radius 2 is 1.82 bits per heavy atom. The Morgan fingerprint density at radius 3 is 2.41 bits per heavy atom. The Labute approximate surface area is 107 Å². The maximum atomic E-state index is 11.3. The van der Waals surface area contributed by atoms with Gasteiger partial charge in [-0.2, -0.15) is 0 Å². The summed E-state index contributed by atoms with van der Waals surface area (Å²) >= 11 is 0. The Bertz CT molecular complexity index is 254. The van der Waals surface area contributed by atoms with E-state index in [9.17, 15) is 9.32 Å². The summed E-state index contributed by atoms with van der Waals surface area (Å²) in [5, 5.41) is 13.2. The lowest BCUT2D eigenvalue weighted by Crippen LogP contribution is -2.45. The van der Waals surface area contributed by atoms with Crippen molar-refractivity contribution in [3.05, 3.63) is 0 Å². The van der Waals surface area contributed by atoms with Crippen LogP contribution in [-0.2, 0) is 10.8 Å². The third-order valence-electron chi connectivity index (χ3n) is 4.40. The highest BCUT2D eigenvalue weighted by molar-refractivity contribution is 7.85. The summed E-state index contributed by atoms with van der Waals surface area (Å²) in [5.74, 6) is 1.70. The van der Waals surface area contributed by atoms with Crippen LogP contribution in [0.15, 0.2) is 0 Å². The molecule has 3 nitrogen and oxygen atoms in total. The molecule has 100 valence electrons. The van der Waals surface area contributed by atoms with Gasteiger partial charge in [-0.15, -0.1) is 0 Å². The van der Waals surface area contributed by atoms with E-state index in [0.717, 1.165) is 43.7 Å². The van der Waals surface area contributed by atoms with Crippen molar-refractivity contribution in [1.82, 2.24) is 5.32 Å². The summed E-state index contributed by atoms with van der Waals surface area (Å²) in [7, 11) is -0.571. The SMILES string of the molecule is O=S1CCC(NCC2(CO)CCCCC2)CC1. The molecule has 17 heavy (non-hydrogen) atoms. The van der Waals surface area contributed by atoms with Crippen LogP contribution in [0.5, 0.6) is 0 Å². The van der Waals surface area contributed by atoms with E-state index in [4.69, 9.17) is 0 Å². The summed E-state index contributed by atoms with van der Waals surface area (Å²) in [6.45, 7) is 1.26. The number of rotatable bonds is 4. The first-order valence-corrected chi connectivity index (χ1v) is 8.42. The molecular weight excluding hydrogens is 234 g/mol. The first-order chi connectivity index (χ1) is 8.24. The average molecular weight is 259 g/mol. The standard InChI is InChI=1S/C13H25NO2S/c15-11-13(6-2-1-3-7-13)10-14-12-4-8-17(16)9-5-12/h12,14-15H,1-11H2. The van der Waals surface area contributed by atoms with Crippen LogP contribution in [-0.4, -0.2) is 40.0 Å². The Morgan fingerprint density at radius 1 is 1.18 bits per heavy atom. The van der Waals surface area contributed by atoms with Crippen LogP contribution >= 0.6 is 0 Å². The van der Waals surface area contributed by atoms with Gasteiger partial charge in [-0.3, -0.25) is 4.21 Å². The molecule has 1 heterocycles. The molecule has 0 radical (unpaired) electrons. The predicted molar refractivity (Wildman–Crippen MR) is 71.5 cm³/mol. The molecule has 2 rings (SSSR count). The fourth-order valence-electron chi connectivity index (χ4n) is 3.05. The van der Waals surface area contributed by atoms with Gasteiger partial charge >= 0.3 is 0 Å². The van der Waals surface area contributed by atoms with Gasteiger partial charge in [-0.05, 0) is 25.7 Å². The van der Waals surface area contributed by atoms with E-state index in [-0.39, 0.29) is 5.41 Å². The third-order valence-corrected chi connectivity index (χ3v) is 5.79. The fraction of sp³-hybridized carbons (Fsp3) is 1.00. The van der Waals surface area contributed by atoms with Crippen molar-refractivity contribution >= 4 is 10.8 Å². The van der Waals surface area contributed by atoms with E-state index >= 15 is 0 Å². The van der Waals surface area contributed by atoms with Crippen LogP contribution in [0.1, 0.15) is 44.9 Å². The molecule has 0 aromatic rings. The van der Waals surface area contributed by atoms with Gasteiger partial charge in [-0.25, -0.2) is 0 Å². The molecule has 1 aliphatic carbocycles. The molecule has 1 saturated heterocycles. The molecule has 2 aliphatic rings. The highest BCUT2D eigenvalue weighted by atomic mass is 32.2. The van der Waals surface area contributed by atoms with E-state index in [1.807, 2.05) is 0 Å². The molecule has 0 atom stereocenters. The second-order valence-corrected chi connectivity index (χ2v) is 7.42. The third kappa shape index (κ3) is 3.76. The van der Waals surface area contributed by atoms with Crippen LogP contribution in [0.3, 0.4) is 0 Å². The lowest BCUT2D eigenvalue weighted by Gasteiger charge is -2.37. The van der Waals surface area contributed by atoms with Gasteiger partial charge in [0.1, 0.15) is 0 Å². The topological polar surface area (TPSA) is 49.3 Å². The van der Waals surface area contributed by atoms with Crippen molar-refractivity contribution in [2.75, 3.05) is 24.7 Å². The van der Waals surface area contributed by atoms with Crippen LogP contribution in [0, 0.1) is 5.41 Å². The molecule has 2 N–H and O–H groups in total. The summed E-state index contributed by atoms with van der Waals surface area (Å²) in [5.41, 5.74) is 0.134. The first kappa shape index (κ1) is 13.5.